The Hall–Kier alpha value is -2.44. The van der Waals surface area contributed by atoms with Crippen LogP contribution in [0.15, 0.2) is 18.3 Å². The number of anilines is 2. The number of hydrogen-bond donors (Lipinski definition) is 1. The van der Waals surface area contributed by atoms with Crippen molar-refractivity contribution in [1.82, 2.24) is 4.98 Å². The zero-order valence-electron chi connectivity index (χ0n) is 13.6. The Morgan fingerprint density at radius 3 is 2.79 bits per heavy atom. The highest BCUT2D eigenvalue weighted by atomic mass is 19.1. The highest BCUT2D eigenvalue weighted by molar-refractivity contribution is 6.01. The second-order valence-electron chi connectivity index (χ2n) is 6.30. The first kappa shape index (κ1) is 16.4. The predicted octanol–water partition coefficient (Wildman–Crippen LogP) is 2.88. The summed E-state index contributed by atoms with van der Waals surface area (Å²) in [6.45, 7) is 0.950. The smallest absolute Gasteiger partial charge is 0.308 e. The van der Waals surface area contributed by atoms with E-state index in [1.807, 2.05) is 4.90 Å². The van der Waals surface area contributed by atoms with Gasteiger partial charge >= 0.3 is 5.97 Å². The van der Waals surface area contributed by atoms with Gasteiger partial charge in [0.2, 0.25) is 0 Å². The van der Waals surface area contributed by atoms with E-state index in [9.17, 15) is 18.7 Å². The van der Waals surface area contributed by atoms with Gasteiger partial charge in [-0.3, -0.25) is 4.79 Å². The molecule has 5 nitrogen and oxygen atoms in total. The number of pyridine rings is 1. The number of hydrogen-bond acceptors (Lipinski definition) is 4. The maximum Gasteiger partial charge on any atom is 0.308 e. The normalized spacial score (nSPS) is 18.0. The van der Waals surface area contributed by atoms with Gasteiger partial charge in [-0.15, -0.1) is 0 Å². The second-order valence-corrected chi connectivity index (χ2v) is 6.30. The number of aromatic nitrogens is 1. The number of fused-ring (bicyclic) bond motifs is 1. The third-order valence-electron chi connectivity index (χ3n) is 4.40. The lowest BCUT2D eigenvalue weighted by Crippen LogP contribution is -2.38. The Morgan fingerprint density at radius 1 is 1.38 bits per heavy atom. The van der Waals surface area contributed by atoms with Gasteiger partial charge in [0.05, 0.1) is 23.2 Å². The molecule has 1 N–H and O–H groups in total. The number of halogens is 2. The molecular weight excluding hydrogens is 316 g/mol. The molecule has 0 spiro atoms. The average molecular weight is 335 g/mol. The first-order valence-corrected chi connectivity index (χ1v) is 7.81. The molecule has 0 radical (unpaired) electrons. The van der Waals surface area contributed by atoms with E-state index in [0.717, 1.165) is 6.07 Å². The summed E-state index contributed by atoms with van der Waals surface area (Å²) in [5, 5.41) is 9.91. The van der Waals surface area contributed by atoms with E-state index in [1.165, 1.54) is 6.07 Å². The van der Waals surface area contributed by atoms with Crippen molar-refractivity contribution >= 4 is 28.2 Å². The fourth-order valence-electron chi connectivity index (χ4n) is 3.25. The SMILES string of the molecule is CN(C)c1ncc(N2CCCC(C(=O)O)C2)c2cc(F)cc(F)c12. The molecule has 7 heteroatoms. The second kappa shape index (κ2) is 6.22. The summed E-state index contributed by atoms with van der Waals surface area (Å²) < 4.78 is 28.2. The Bertz CT molecular complexity index is 795. The first-order valence-electron chi connectivity index (χ1n) is 7.81. The van der Waals surface area contributed by atoms with Gasteiger partial charge in [0.15, 0.2) is 0 Å². The molecule has 0 amide bonds. The molecule has 1 unspecified atom stereocenters. The summed E-state index contributed by atoms with van der Waals surface area (Å²) in [6, 6.07) is 2.13. The van der Waals surface area contributed by atoms with E-state index in [4.69, 9.17) is 0 Å². The molecule has 1 atom stereocenters. The van der Waals surface area contributed by atoms with Gasteiger partial charge in [0, 0.05) is 38.6 Å². The van der Waals surface area contributed by atoms with Crippen LogP contribution in [-0.4, -0.2) is 43.2 Å². The van der Waals surface area contributed by atoms with Crippen LogP contribution in [0.2, 0.25) is 0 Å². The number of aliphatic carboxylic acids is 1. The van der Waals surface area contributed by atoms with Crippen LogP contribution in [0.4, 0.5) is 20.3 Å². The lowest BCUT2D eigenvalue weighted by atomic mass is 9.97. The van der Waals surface area contributed by atoms with Crippen LogP contribution in [0.3, 0.4) is 0 Å². The van der Waals surface area contributed by atoms with Crippen molar-refractivity contribution < 1.29 is 18.7 Å². The molecule has 24 heavy (non-hydrogen) atoms. The van der Waals surface area contributed by atoms with E-state index in [-0.39, 0.29) is 5.39 Å². The van der Waals surface area contributed by atoms with E-state index in [1.54, 1.807) is 25.2 Å². The summed E-state index contributed by atoms with van der Waals surface area (Å²) in [4.78, 5) is 19.1. The Morgan fingerprint density at radius 2 is 2.12 bits per heavy atom. The third kappa shape index (κ3) is 2.86. The molecule has 1 fully saturated rings. The monoisotopic (exact) mass is 335 g/mol. The number of carboxylic acid groups (broad SMARTS) is 1. The van der Waals surface area contributed by atoms with Gasteiger partial charge in [-0.25, -0.2) is 13.8 Å². The van der Waals surface area contributed by atoms with Crippen molar-refractivity contribution in [2.45, 2.75) is 12.8 Å². The number of nitrogens with zero attached hydrogens (tertiary/aromatic N) is 3. The minimum atomic E-state index is -0.848. The molecule has 0 saturated carbocycles. The summed E-state index contributed by atoms with van der Waals surface area (Å²) in [6.07, 6.45) is 2.89. The predicted molar refractivity (Wildman–Crippen MR) is 88.6 cm³/mol. The molecule has 1 aromatic carbocycles. The maximum atomic E-state index is 14.4. The highest BCUT2D eigenvalue weighted by Gasteiger charge is 2.27. The quantitative estimate of drug-likeness (QED) is 0.935. The van der Waals surface area contributed by atoms with Gasteiger partial charge in [-0.1, -0.05) is 0 Å². The molecule has 0 bridgehead atoms. The number of benzene rings is 1. The van der Waals surface area contributed by atoms with Crippen molar-refractivity contribution in [2.24, 2.45) is 5.92 Å². The van der Waals surface area contributed by atoms with E-state index < -0.39 is 23.5 Å². The fourth-order valence-corrected chi connectivity index (χ4v) is 3.25. The van der Waals surface area contributed by atoms with Crippen molar-refractivity contribution in [2.75, 3.05) is 37.0 Å². The zero-order chi connectivity index (χ0) is 17.4. The summed E-state index contributed by atoms with van der Waals surface area (Å²) in [5.41, 5.74) is 0.569. The minimum Gasteiger partial charge on any atom is -0.481 e. The molecule has 1 saturated heterocycles. The molecule has 128 valence electrons. The average Bonchev–Trinajstić information content (AvgIpc) is 2.53. The van der Waals surface area contributed by atoms with Crippen molar-refractivity contribution in [3.05, 3.63) is 30.0 Å². The number of rotatable bonds is 3. The van der Waals surface area contributed by atoms with Crippen LogP contribution < -0.4 is 9.80 Å². The molecule has 1 aromatic heterocycles. The molecule has 2 aromatic rings. The highest BCUT2D eigenvalue weighted by Crippen LogP contribution is 2.35. The molecule has 3 rings (SSSR count). The Kier molecular flexibility index (Phi) is 4.26. The van der Waals surface area contributed by atoms with E-state index >= 15 is 0 Å². The molecule has 1 aliphatic rings. The van der Waals surface area contributed by atoms with Crippen LogP contribution in [0.5, 0.6) is 0 Å². The van der Waals surface area contributed by atoms with Crippen LogP contribution >= 0.6 is 0 Å². The number of piperidine rings is 1. The van der Waals surface area contributed by atoms with Gasteiger partial charge in [-0.2, -0.15) is 0 Å². The lowest BCUT2D eigenvalue weighted by Gasteiger charge is -2.33. The van der Waals surface area contributed by atoms with Gasteiger partial charge < -0.3 is 14.9 Å². The first-order chi connectivity index (χ1) is 11.4. The topological polar surface area (TPSA) is 56.7 Å². The van der Waals surface area contributed by atoms with Crippen molar-refractivity contribution in [3.8, 4) is 0 Å². The molecule has 0 aliphatic carbocycles. The van der Waals surface area contributed by atoms with Gasteiger partial charge in [-0.05, 0) is 18.9 Å². The van der Waals surface area contributed by atoms with E-state index in [2.05, 4.69) is 4.98 Å². The number of carboxylic acids is 1. The lowest BCUT2D eigenvalue weighted by molar-refractivity contribution is -0.141. The molecular formula is C17H19F2N3O2. The Labute approximate surface area is 138 Å². The van der Waals surface area contributed by atoms with Crippen molar-refractivity contribution in [1.29, 1.82) is 0 Å². The van der Waals surface area contributed by atoms with Gasteiger partial charge in [0.1, 0.15) is 17.5 Å². The standard InChI is InChI=1S/C17H19F2N3O2/c1-21(2)16-15-12(6-11(18)7-13(15)19)14(8-20-16)22-5-3-4-10(9-22)17(23)24/h6-8,10H,3-5,9H2,1-2H3,(H,23,24). The fraction of sp³-hybridized carbons (Fsp3) is 0.412. The number of carbonyl (C=O) groups is 1. The van der Waals surface area contributed by atoms with Crippen LogP contribution in [-0.2, 0) is 4.79 Å². The largest absolute Gasteiger partial charge is 0.481 e. The third-order valence-corrected chi connectivity index (χ3v) is 4.40. The van der Waals surface area contributed by atoms with Crippen molar-refractivity contribution in [3.63, 3.8) is 0 Å². The molecule has 2 heterocycles. The van der Waals surface area contributed by atoms with Crippen LogP contribution in [0, 0.1) is 17.6 Å². The molecule has 1 aliphatic heterocycles. The Balaban J connectivity index is 2.15. The summed E-state index contributed by atoms with van der Waals surface area (Å²) in [7, 11) is 3.48. The summed E-state index contributed by atoms with van der Waals surface area (Å²) in [5.74, 6) is -2.25. The maximum absolute atomic E-state index is 14.4. The van der Waals surface area contributed by atoms with Crippen LogP contribution in [0.25, 0.3) is 10.8 Å². The zero-order valence-corrected chi connectivity index (χ0v) is 13.6. The minimum absolute atomic E-state index is 0.247. The van der Waals surface area contributed by atoms with Gasteiger partial charge in [0.25, 0.3) is 0 Å². The summed E-state index contributed by atoms with van der Waals surface area (Å²) >= 11 is 0. The van der Waals surface area contributed by atoms with Crippen LogP contribution in [0.1, 0.15) is 12.8 Å². The van der Waals surface area contributed by atoms with E-state index in [0.29, 0.717) is 42.8 Å².